The number of ether oxygens (including phenoxy) is 1. The topological polar surface area (TPSA) is 39.2 Å². The van der Waals surface area contributed by atoms with E-state index >= 15 is 0 Å². The maximum atomic E-state index is 12.5. The Bertz CT molecular complexity index is 423. The number of rotatable bonds is 4. The molecule has 18 heavy (non-hydrogen) atoms. The average Bonchev–Trinajstić information content (AvgIpc) is 2.27. The Hall–Kier alpha value is -1.24. The highest BCUT2D eigenvalue weighted by molar-refractivity contribution is 7.99. The number of halogens is 3. The third kappa shape index (κ3) is 4.56. The molecule has 0 N–H and O–H groups in total. The van der Waals surface area contributed by atoms with Crippen LogP contribution in [0, 0.1) is 0 Å². The van der Waals surface area contributed by atoms with Crippen molar-refractivity contribution in [3.8, 4) is 0 Å². The van der Waals surface area contributed by atoms with Gasteiger partial charge in [0.15, 0.2) is 0 Å². The smallest absolute Gasteiger partial charge is 0.416 e. The molecule has 0 bridgehead atoms. The standard InChI is InChI=1S/C11H12F3NO2S/c1-7(5-10(16)17-2)18-9-6-8(3-4-15-9)11(12,13)14/h3-4,6-7H,5H2,1-2H3. The summed E-state index contributed by atoms with van der Waals surface area (Å²) in [6.07, 6.45) is -3.15. The van der Waals surface area contributed by atoms with Gasteiger partial charge in [0.1, 0.15) is 0 Å². The molecule has 1 rings (SSSR count). The first-order chi connectivity index (χ1) is 8.32. The van der Waals surface area contributed by atoms with E-state index in [0.717, 1.165) is 30.1 Å². The van der Waals surface area contributed by atoms with Gasteiger partial charge in [0, 0.05) is 11.4 Å². The summed E-state index contributed by atoms with van der Waals surface area (Å²) in [7, 11) is 1.27. The van der Waals surface area contributed by atoms with Gasteiger partial charge in [-0.2, -0.15) is 13.2 Å². The molecule has 1 heterocycles. The van der Waals surface area contributed by atoms with Crippen LogP contribution in [0.2, 0.25) is 0 Å². The van der Waals surface area contributed by atoms with Crippen LogP contribution in [0.15, 0.2) is 23.4 Å². The molecule has 0 aromatic carbocycles. The summed E-state index contributed by atoms with van der Waals surface area (Å²) in [6.45, 7) is 1.73. The number of thioether (sulfide) groups is 1. The zero-order valence-electron chi connectivity index (χ0n) is 9.82. The molecule has 1 aromatic heterocycles. The minimum absolute atomic E-state index is 0.124. The largest absolute Gasteiger partial charge is 0.469 e. The fourth-order valence-electron chi connectivity index (χ4n) is 1.22. The van der Waals surface area contributed by atoms with Gasteiger partial charge in [-0.15, -0.1) is 11.8 Å². The number of alkyl halides is 3. The summed E-state index contributed by atoms with van der Waals surface area (Å²) >= 11 is 1.11. The van der Waals surface area contributed by atoms with Crippen LogP contribution in [0.1, 0.15) is 18.9 Å². The Morgan fingerprint density at radius 3 is 2.78 bits per heavy atom. The number of nitrogens with zero attached hydrogens (tertiary/aromatic N) is 1. The molecule has 0 aliphatic heterocycles. The maximum Gasteiger partial charge on any atom is 0.416 e. The molecular formula is C11H12F3NO2S. The SMILES string of the molecule is COC(=O)CC(C)Sc1cc(C(F)(F)F)ccn1. The molecule has 100 valence electrons. The predicted molar refractivity (Wildman–Crippen MR) is 61.2 cm³/mol. The van der Waals surface area contributed by atoms with Crippen LogP contribution in [0.4, 0.5) is 13.2 Å². The van der Waals surface area contributed by atoms with Gasteiger partial charge < -0.3 is 4.74 Å². The zero-order valence-corrected chi connectivity index (χ0v) is 10.6. The van der Waals surface area contributed by atoms with Crippen molar-refractivity contribution in [1.29, 1.82) is 0 Å². The van der Waals surface area contributed by atoms with Gasteiger partial charge in [-0.1, -0.05) is 6.92 Å². The zero-order chi connectivity index (χ0) is 13.8. The minimum Gasteiger partial charge on any atom is -0.469 e. The van der Waals surface area contributed by atoms with Crippen molar-refractivity contribution in [2.75, 3.05) is 7.11 Å². The van der Waals surface area contributed by atoms with E-state index in [0.29, 0.717) is 0 Å². The van der Waals surface area contributed by atoms with Crippen molar-refractivity contribution in [1.82, 2.24) is 4.98 Å². The van der Waals surface area contributed by atoms with Crippen LogP contribution in [-0.2, 0) is 15.7 Å². The van der Waals surface area contributed by atoms with Crippen LogP contribution in [0.25, 0.3) is 0 Å². The highest BCUT2D eigenvalue weighted by Gasteiger charge is 2.30. The van der Waals surface area contributed by atoms with E-state index in [-0.39, 0.29) is 16.7 Å². The molecule has 1 unspecified atom stereocenters. The van der Waals surface area contributed by atoms with E-state index < -0.39 is 17.7 Å². The van der Waals surface area contributed by atoms with E-state index in [1.165, 1.54) is 7.11 Å². The van der Waals surface area contributed by atoms with E-state index in [9.17, 15) is 18.0 Å². The molecule has 7 heteroatoms. The van der Waals surface area contributed by atoms with Crippen LogP contribution in [0.5, 0.6) is 0 Å². The van der Waals surface area contributed by atoms with Crippen LogP contribution >= 0.6 is 11.8 Å². The molecule has 0 spiro atoms. The second-order valence-corrected chi connectivity index (χ2v) is 5.05. The molecule has 1 atom stereocenters. The lowest BCUT2D eigenvalue weighted by Crippen LogP contribution is -2.09. The number of aromatic nitrogens is 1. The summed E-state index contributed by atoms with van der Waals surface area (Å²) in [5.41, 5.74) is -0.745. The number of hydrogen-bond donors (Lipinski definition) is 0. The lowest BCUT2D eigenvalue weighted by molar-refractivity contribution is -0.140. The van der Waals surface area contributed by atoms with Crippen LogP contribution < -0.4 is 0 Å². The predicted octanol–water partition coefficient (Wildman–Crippen LogP) is 3.14. The summed E-state index contributed by atoms with van der Waals surface area (Å²) in [5.74, 6) is -0.401. The highest BCUT2D eigenvalue weighted by Crippen LogP contribution is 2.32. The molecule has 0 fully saturated rings. The second-order valence-electron chi connectivity index (χ2n) is 3.59. The van der Waals surface area contributed by atoms with E-state index in [2.05, 4.69) is 9.72 Å². The summed E-state index contributed by atoms with van der Waals surface area (Å²) in [5, 5.41) is 0.0367. The van der Waals surface area contributed by atoms with E-state index in [1.54, 1.807) is 6.92 Å². The molecule has 0 saturated heterocycles. The molecular weight excluding hydrogens is 267 g/mol. The van der Waals surface area contributed by atoms with E-state index in [1.807, 2.05) is 0 Å². The monoisotopic (exact) mass is 279 g/mol. The van der Waals surface area contributed by atoms with Gasteiger partial charge in [-0.3, -0.25) is 4.79 Å². The first-order valence-corrected chi connectivity index (χ1v) is 5.97. The van der Waals surface area contributed by atoms with Crippen molar-refractivity contribution in [2.45, 2.75) is 29.8 Å². The lowest BCUT2D eigenvalue weighted by Gasteiger charge is -2.11. The molecule has 3 nitrogen and oxygen atoms in total. The highest BCUT2D eigenvalue weighted by atomic mass is 32.2. The Morgan fingerprint density at radius 1 is 1.56 bits per heavy atom. The fraction of sp³-hybridized carbons (Fsp3) is 0.455. The number of carbonyl (C=O) groups is 1. The Labute approximate surface area is 107 Å². The van der Waals surface area contributed by atoms with Crippen molar-refractivity contribution < 1.29 is 22.7 Å². The molecule has 0 saturated carbocycles. The fourth-order valence-corrected chi connectivity index (χ4v) is 2.16. The number of carbonyl (C=O) groups excluding carboxylic acids is 1. The number of hydrogen-bond acceptors (Lipinski definition) is 4. The molecule has 0 aliphatic rings. The number of esters is 1. The van der Waals surface area contributed by atoms with Crippen LogP contribution in [0.3, 0.4) is 0 Å². The van der Waals surface area contributed by atoms with E-state index in [4.69, 9.17) is 0 Å². The van der Waals surface area contributed by atoms with Gasteiger partial charge in [0.05, 0.1) is 24.1 Å². The van der Waals surface area contributed by atoms with Gasteiger partial charge in [-0.05, 0) is 12.1 Å². The summed E-state index contributed by atoms with van der Waals surface area (Å²) in [4.78, 5) is 14.8. The molecule has 0 aliphatic carbocycles. The van der Waals surface area contributed by atoms with Crippen molar-refractivity contribution in [3.63, 3.8) is 0 Å². The molecule has 1 aromatic rings. The van der Waals surface area contributed by atoms with Gasteiger partial charge in [0.2, 0.25) is 0 Å². The third-order valence-corrected chi connectivity index (χ3v) is 3.10. The first kappa shape index (κ1) is 14.8. The Balaban J connectivity index is 2.71. The van der Waals surface area contributed by atoms with Crippen molar-refractivity contribution in [3.05, 3.63) is 23.9 Å². The van der Waals surface area contributed by atoms with Crippen molar-refractivity contribution in [2.24, 2.45) is 0 Å². The van der Waals surface area contributed by atoms with Gasteiger partial charge in [-0.25, -0.2) is 4.98 Å². The summed E-state index contributed by atoms with van der Waals surface area (Å²) in [6, 6.07) is 1.88. The minimum atomic E-state index is -4.39. The normalized spacial score (nSPS) is 13.2. The molecule has 0 amide bonds. The Kier molecular flexibility index (Phi) is 5.01. The van der Waals surface area contributed by atoms with Gasteiger partial charge >= 0.3 is 12.1 Å². The second kappa shape index (κ2) is 6.08. The third-order valence-electron chi connectivity index (χ3n) is 2.07. The van der Waals surface area contributed by atoms with Crippen LogP contribution in [-0.4, -0.2) is 23.3 Å². The quantitative estimate of drug-likeness (QED) is 0.627. The maximum absolute atomic E-state index is 12.5. The lowest BCUT2D eigenvalue weighted by atomic mass is 10.3. The number of methoxy groups -OCH3 is 1. The Morgan fingerprint density at radius 2 is 2.22 bits per heavy atom. The number of pyridine rings is 1. The summed E-state index contributed by atoms with van der Waals surface area (Å²) < 4.78 is 41.9. The van der Waals surface area contributed by atoms with Gasteiger partial charge in [0.25, 0.3) is 0 Å². The first-order valence-electron chi connectivity index (χ1n) is 5.09. The average molecular weight is 279 g/mol. The molecule has 0 radical (unpaired) electrons. The van der Waals surface area contributed by atoms with Crippen molar-refractivity contribution >= 4 is 17.7 Å².